The van der Waals surface area contributed by atoms with E-state index in [4.69, 9.17) is 0 Å². The quantitative estimate of drug-likeness (QED) is 0.586. The molecular weight excluding hydrogens is 356 g/mol. The molecule has 2 fully saturated rings. The summed E-state index contributed by atoms with van der Waals surface area (Å²) in [5.41, 5.74) is 0.0261. The Hall–Kier alpha value is -1.74. The van der Waals surface area contributed by atoms with Crippen LogP contribution in [-0.4, -0.2) is 54.6 Å². The fourth-order valence-corrected chi connectivity index (χ4v) is 5.49. The Labute approximate surface area is 154 Å². The summed E-state index contributed by atoms with van der Waals surface area (Å²) in [6, 6.07) is 3.10. The molecule has 2 saturated heterocycles. The van der Waals surface area contributed by atoms with Gasteiger partial charge in [-0.2, -0.15) is 4.31 Å². The number of hydrogen-bond donors (Lipinski definition) is 0. The van der Waals surface area contributed by atoms with Crippen LogP contribution in [0.15, 0.2) is 18.3 Å². The fraction of sp³-hybridized carbons (Fsp3) is 0.706. The van der Waals surface area contributed by atoms with Crippen LogP contribution in [0.1, 0.15) is 38.5 Å². The molecule has 0 unspecified atom stereocenters. The molecule has 1 aromatic rings. The van der Waals surface area contributed by atoms with Crippen molar-refractivity contribution in [3.63, 3.8) is 0 Å². The zero-order valence-corrected chi connectivity index (χ0v) is 15.9. The van der Waals surface area contributed by atoms with Crippen molar-refractivity contribution < 1.29 is 13.3 Å². The van der Waals surface area contributed by atoms with Crippen molar-refractivity contribution in [3.05, 3.63) is 28.4 Å². The topological polar surface area (TPSA) is 96.7 Å². The van der Waals surface area contributed by atoms with E-state index in [9.17, 15) is 18.5 Å². The highest BCUT2D eigenvalue weighted by Crippen LogP contribution is 2.34. The third-order valence-corrected chi connectivity index (χ3v) is 6.83. The van der Waals surface area contributed by atoms with Crippen LogP contribution in [0.2, 0.25) is 0 Å². The third-order valence-electron chi connectivity index (χ3n) is 5.52. The number of sulfonamides is 1. The average molecular weight is 382 g/mol. The number of nitro groups is 1. The van der Waals surface area contributed by atoms with E-state index in [1.165, 1.54) is 12.3 Å². The number of aromatic nitrogens is 1. The maximum Gasteiger partial charge on any atom is 0.311 e. The molecule has 1 atom stereocenters. The highest BCUT2D eigenvalue weighted by atomic mass is 32.2. The van der Waals surface area contributed by atoms with Gasteiger partial charge in [0.15, 0.2) is 0 Å². The van der Waals surface area contributed by atoms with Crippen LogP contribution in [0.5, 0.6) is 0 Å². The molecule has 0 aromatic carbocycles. The lowest BCUT2D eigenvalue weighted by molar-refractivity contribution is -0.384. The van der Waals surface area contributed by atoms with Gasteiger partial charge in [0.25, 0.3) is 0 Å². The molecule has 9 heteroatoms. The lowest BCUT2D eigenvalue weighted by Gasteiger charge is -2.39. The predicted molar refractivity (Wildman–Crippen MR) is 99.6 cm³/mol. The lowest BCUT2D eigenvalue weighted by Crippen LogP contribution is -2.47. The van der Waals surface area contributed by atoms with Gasteiger partial charge in [0.1, 0.15) is 0 Å². The van der Waals surface area contributed by atoms with Crippen LogP contribution in [0.25, 0.3) is 0 Å². The van der Waals surface area contributed by atoms with Gasteiger partial charge in [-0.15, -0.1) is 0 Å². The van der Waals surface area contributed by atoms with Crippen molar-refractivity contribution in [2.75, 3.05) is 30.8 Å². The zero-order valence-electron chi connectivity index (χ0n) is 15.1. The van der Waals surface area contributed by atoms with Gasteiger partial charge in [-0.1, -0.05) is 12.8 Å². The summed E-state index contributed by atoms with van der Waals surface area (Å²) in [5.74, 6) is 0.707. The summed E-state index contributed by atoms with van der Waals surface area (Å²) < 4.78 is 26.2. The maximum atomic E-state index is 12.2. The van der Waals surface area contributed by atoms with Crippen molar-refractivity contribution in [3.8, 4) is 0 Å². The molecule has 0 spiro atoms. The number of hydrogen-bond acceptors (Lipinski definition) is 6. The van der Waals surface area contributed by atoms with E-state index in [-0.39, 0.29) is 11.7 Å². The molecule has 26 heavy (non-hydrogen) atoms. The zero-order chi connectivity index (χ0) is 18.7. The summed E-state index contributed by atoms with van der Waals surface area (Å²) in [5, 5.41) is 11.2. The standard InChI is InChI=1S/C17H26N4O4S/c1-26(24,25)20-11-4-2-3-6-15(20)14-8-12-19(13-9-14)17-16(21(22)23)7-5-10-18-17/h5,7,10,14-15H,2-4,6,8-9,11-13H2,1H3/t15-/m1/s1. The Kier molecular flexibility index (Phi) is 5.76. The maximum absolute atomic E-state index is 12.2. The summed E-state index contributed by atoms with van der Waals surface area (Å²) in [4.78, 5) is 17.0. The summed E-state index contributed by atoms with van der Waals surface area (Å²) in [6.45, 7) is 1.93. The van der Waals surface area contributed by atoms with Gasteiger partial charge in [0, 0.05) is 37.9 Å². The van der Waals surface area contributed by atoms with E-state index in [0.29, 0.717) is 31.4 Å². The van der Waals surface area contributed by atoms with Crippen LogP contribution >= 0.6 is 0 Å². The minimum absolute atomic E-state index is 0.0261. The first kappa shape index (κ1) is 19.0. The normalized spacial score (nSPS) is 23.6. The molecule has 2 aliphatic rings. The SMILES string of the molecule is CS(=O)(=O)N1CCCCC[C@@H]1C1CCN(c2ncccc2[N+](=O)[O-])CC1. The second kappa shape index (κ2) is 7.87. The predicted octanol–water partition coefficient (Wildman–Crippen LogP) is 2.41. The number of anilines is 1. The van der Waals surface area contributed by atoms with Crippen molar-refractivity contribution in [1.29, 1.82) is 0 Å². The molecule has 144 valence electrons. The molecule has 3 heterocycles. The largest absolute Gasteiger partial charge is 0.351 e. The van der Waals surface area contributed by atoms with Gasteiger partial charge < -0.3 is 4.90 Å². The molecule has 0 aliphatic carbocycles. The average Bonchev–Trinajstić information content (AvgIpc) is 2.88. The summed E-state index contributed by atoms with van der Waals surface area (Å²) in [6.07, 6.45) is 8.48. The van der Waals surface area contributed by atoms with E-state index in [2.05, 4.69) is 4.98 Å². The Morgan fingerprint density at radius 1 is 1.15 bits per heavy atom. The molecule has 0 amide bonds. The first-order chi connectivity index (χ1) is 12.4. The van der Waals surface area contributed by atoms with E-state index < -0.39 is 14.9 Å². The number of piperidine rings is 1. The van der Waals surface area contributed by atoms with Crippen LogP contribution in [0.3, 0.4) is 0 Å². The second-order valence-corrected chi connectivity index (χ2v) is 9.15. The van der Waals surface area contributed by atoms with Gasteiger partial charge in [0.05, 0.1) is 11.2 Å². The minimum Gasteiger partial charge on any atom is -0.351 e. The summed E-state index contributed by atoms with van der Waals surface area (Å²) in [7, 11) is -3.21. The van der Waals surface area contributed by atoms with E-state index in [1.54, 1.807) is 16.6 Å². The highest BCUT2D eigenvalue weighted by molar-refractivity contribution is 7.88. The van der Waals surface area contributed by atoms with Gasteiger partial charge in [-0.3, -0.25) is 10.1 Å². The Morgan fingerprint density at radius 3 is 2.54 bits per heavy atom. The Bertz CT molecular complexity index is 747. The minimum atomic E-state index is -3.21. The second-order valence-electron chi connectivity index (χ2n) is 7.22. The van der Waals surface area contributed by atoms with Gasteiger partial charge in [0.2, 0.25) is 15.8 Å². The van der Waals surface area contributed by atoms with Crippen LogP contribution < -0.4 is 4.90 Å². The number of rotatable bonds is 4. The molecule has 0 bridgehead atoms. The van der Waals surface area contributed by atoms with Crippen molar-refractivity contribution in [1.82, 2.24) is 9.29 Å². The molecule has 8 nitrogen and oxygen atoms in total. The fourth-order valence-electron chi connectivity index (χ4n) is 4.26. The van der Waals surface area contributed by atoms with E-state index in [1.807, 2.05) is 4.90 Å². The first-order valence-electron chi connectivity index (χ1n) is 9.19. The van der Waals surface area contributed by atoms with Crippen molar-refractivity contribution in [2.45, 2.75) is 44.6 Å². The van der Waals surface area contributed by atoms with Crippen LogP contribution in [0.4, 0.5) is 11.5 Å². The molecule has 0 saturated carbocycles. The van der Waals surface area contributed by atoms with Crippen LogP contribution in [-0.2, 0) is 10.0 Å². The molecular formula is C17H26N4O4S. The monoisotopic (exact) mass is 382 g/mol. The van der Waals surface area contributed by atoms with E-state index >= 15 is 0 Å². The Morgan fingerprint density at radius 2 is 1.88 bits per heavy atom. The molecule has 2 aliphatic heterocycles. The van der Waals surface area contributed by atoms with Gasteiger partial charge in [-0.25, -0.2) is 13.4 Å². The molecule has 1 aromatic heterocycles. The summed E-state index contributed by atoms with van der Waals surface area (Å²) >= 11 is 0. The molecule has 3 rings (SSSR count). The first-order valence-corrected chi connectivity index (χ1v) is 11.0. The molecule has 0 radical (unpaired) electrons. The lowest BCUT2D eigenvalue weighted by atomic mass is 9.87. The Balaban J connectivity index is 1.72. The molecule has 0 N–H and O–H groups in total. The van der Waals surface area contributed by atoms with Crippen LogP contribution in [0, 0.1) is 16.0 Å². The van der Waals surface area contributed by atoms with Crippen molar-refractivity contribution >= 4 is 21.5 Å². The highest BCUT2D eigenvalue weighted by Gasteiger charge is 2.36. The number of pyridine rings is 1. The smallest absolute Gasteiger partial charge is 0.311 e. The van der Waals surface area contributed by atoms with Gasteiger partial charge >= 0.3 is 5.69 Å². The van der Waals surface area contributed by atoms with Crippen molar-refractivity contribution in [2.24, 2.45) is 5.92 Å². The number of nitrogens with zero attached hydrogens (tertiary/aromatic N) is 4. The van der Waals surface area contributed by atoms with Gasteiger partial charge in [-0.05, 0) is 37.7 Å². The van der Waals surface area contributed by atoms with E-state index in [0.717, 1.165) is 38.5 Å². The third kappa shape index (κ3) is 4.15.